The Morgan fingerprint density at radius 1 is 1.50 bits per heavy atom. The molecule has 0 aromatic rings. The van der Waals surface area contributed by atoms with E-state index in [1.165, 1.54) is 21.5 Å². The minimum Gasteiger partial charge on any atom is -0.261 e. The van der Waals surface area contributed by atoms with Crippen LogP contribution in [0.1, 0.15) is 27.2 Å². The molecule has 0 heterocycles. The van der Waals surface area contributed by atoms with E-state index in [2.05, 4.69) is 4.99 Å². The number of allylic oxidation sites excluding steroid dienone is 4. The molecular weight excluding hydrogens is 203 g/mol. The average molecular weight is 219 g/mol. The Kier molecular flexibility index (Phi) is 5.78. The number of rotatable bonds is 4. The second kappa shape index (κ2) is 6.02. The van der Waals surface area contributed by atoms with Gasteiger partial charge >= 0.3 is 0 Å². The molecule has 0 aromatic carbocycles. The number of aliphatic imine (C=N–C) groups is 1. The van der Waals surface area contributed by atoms with Crippen molar-refractivity contribution in [3.05, 3.63) is 23.4 Å². The quantitative estimate of drug-likeness (QED) is 0.504. The van der Waals surface area contributed by atoms with Crippen molar-refractivity contribution in [2.75, 3.05) is 0 Å². The van der Waals surface area contributed by atoms with Gasteiger partial charge in [0.1, 0.15) is 0 Å². The lowest BCUT2D eigenvalue weighted by molar-refractivity contribution is 0.154. The zero-order valence-electron chi connectivity index (χ0n) is 8.72. The zero-order valence-corrected chi connectivity index (χ0v) is 9.87. The van der Waals surface area contributed by atoms with Crippen LogP contribution in [0.5, 0.6) is 0 Å². The van der Waals surface area contributed by atoms with Crippen molar-refractivity contribution < 1.29 is 8.78 Å². The summed E-state index contributed by atoms with van der Waals surface area (Å²) >= 11 is 0. The highest BCUT2D eigenvalue weighted by molar-refractivity contribution is 7.18. The highest BCUT2D eigenvalue weighted by Gasteiger charge is 2.25. The van der Waals surface area contributed by atoms with E-state index in [0.717, 1.165) is 12.1 Å². The number of nitrogens with zero attached hydrogens (tertiary/aromatic N) is 1. The minimum absolute atomic E-state index is 0.0913. The summed E-state index contributed by atoms with van der Waals surface area (Å²) in [6, 6.07) is 0. The van der Waals surface area contributed by atoms with Crippen molar-refractivity contribution in [2.24, 2.45) is 4.99 Å². The fraction of sp³-hybridized carbons (Fsp3) is 0.500. The predicted octanol–water partition coefficient (Wildman–Crippen LogP) is 3.79. The molecule has 1 atom stereocenters. The predicted molar refractivity (Wildman–Crippen MR) is 61.0 cm³/mol. The Morgan fingerprint density at radius 2 is 2.07 bits per heavy atom. The van der Waals surface area contributed by atoms with E-state index < -0.39 is 5.66 Å². The number of halogens is 2. The Hall–Kier alpha value is -0.560. The minimum atomic E-state index is -2.90. The number of hydrogen-bond donors (Lipinski definition) is 0. The number of alkyl halides is 2. The van der Waals surface area contributed by atoms with Crippen molar-refractivity contribution in [3.8, 4) is 0 Å². The van der Waals surface area contributed by atoms with Crippen LogP contribution in [0.15, 0.2) is 28.4 Å². The van der Waals surface area contributed by atoms with Gasteiger partial charge in [0, 0.05) is 17.5 Å². The van der Waals surface area contributed by atoms with Gasteiger partial charge in [-0.25, -0.2) is 0 Å². The van der Waals surface area contributed by atoms with Crippen molar-refractivity contribution >= 4 is 15.5 Å². The summed E-state index contributed by atoms with van der Waals surface area (Å²) in [5.41, 5.74) is -2.24. The molecule has 0 radical (unpaired) electrons. The molecule has 1 unspecified atom stereocenters. The molecule has 0 N–H and O–H groups in total. The van der Waals surface area contributed by atoms with Gasteiger partial charge in [-0.05, 0) is 20.3 Å². The van der Waals surface area contributed by atoms with Gasteiger partial charge in [-0.3, -0.25) is 4.99 Å². The van der Waals surface area contributed by atoms with Crippen LogP contribution in [0.4, 0.5) is 8.78 Å². The molecule has 0 fully saturated rings. The van der Waals surface area contributed by atoms with Crippen LogP contribution in [0.3, 0.4) is 0 Å². The van der Waals surface area contributed by atoms with Crippen LogP contribution in [0.25, 0.3) is 0 Å². The normalized spacial score (nSPS) is 15.3. The maximum atomic E-state index is 12.8. The molecule has 1 nitrogen and oxygen atoms in total. The molecule has 0 aliphatic heterocycles. The smallest absolute Gasteiger partial charge is 0.261 e. The summed E-state index contributed by atoms with van der Waals surface area (Å²) < 4.78 is 25.6. The molecule has 0 bridgehead atoms. The summed E-state index contributed by atoms with van der Waals surface area (Å²) in [6.07, 6.45) is 5.29. The van der Waals surface area contributed by atoms with Crippen molar-refractivity contribution in [1.82, 2.24) is 0 Å². The topological polar surface area (TPSA) is 12.4 Å². The Bertz CT molecular complexity index is 262. The second-order valence-corrected chi connectivity index (χ2v) is 3.60. The fourth-order valence-corrected chi connectivity index (χ4v) is 1.11. The van der Waals surface area contributed by atoms with E-state index in [0.29, 0.717) is 0 Å². The molecule has 0 saturated carbocycles. The molecule has 0 rings (SSSR count). The second-order valence-electron chi connectivity index (χ2n) is 2.88. The van der Waals surface area contributed by atoms with Crippen molar-refractivity contribution in [3.63, 3.8) is 0 Å². The van der Waals surface area contributed by atoms with Crippen molar-refractivity contribution in [1.29, 1.82) is 0 Å². The first-order valence-electron chi connectivity index (χ1n) is 4.46. The first-order chi connectivity index (χ1) is 6.41. The van der Waals surface area contributed by atoms with Crippen LogP contribution in [0, 0.1) is 0 Å². The van der Waals surface area contributed by atoms with Gasteiger partial charge in [-0.15, -0.1) is 0 Å². The van der Waals surface area contributed by atoms with Gasteiger partial charge in [0.15, 0.2) is 0 Å². The molecule has 0 aromatic heterocycles. The third-order valence-electron chi connectivity index (χ3n) is 1.60. The largest absolute Gasteiger partial charge is 0.285 e. The Balaban J connectivity index is 4.58. The molecule has 14 heavy (non-hydrogen) atoms. The first kappa shape index (κ1) is 13.4. The fourth-order valence-electron chi connectivity index (χ4n) is 0.873. The van der Waals surface area contributed by atoms with Crippen LogP contribution in [0.2, 0.25) is 0 Å². The van der Waals surface area contributed by atoms with Gasteiger partial charge in [0.05, 0.1) is 0 Å². The van der Waals surface area contributed by atoms with Crippen LogP contribution >= 0.6 is 9.24 Å². The first-order valence-corrected chi connectivity index (χ1v) is 5.03. The molecule has 0 amide bonds. The van der Waals surface area contributed by atoms with Gasteiger partial charge < -0.3 is 0 Å². The summed E-state index contributed by atoms with van der Waals surface area (Å²) in [5.74, 6) is 0. The van der Waals surface area contributed by atoms with Gasteiger partial charge in [0.2, 0.25) is 0 Å². The SMILES string of the molecule is C\C=C(/C=N/C(C)=C/CC)C(F)(F)P. The zero-order chi connectivity index (χ0) is 11.2. The van der Waals surface area contributed by atoms with E-state index >= 15 is 0 Å². The standard InChI is InChI=1S/C10H16F2NP/c1-4-6-8(3)13-7-9(5-2)10(11,12)14/h5-7H,4,14H2,1-3H3/b8-6+,9-5+,13-7+. The molecule has 0 spiro atoms. The third-order valence-corrected chi connectivity index (χ3v) is 1.94. The van der Waals surface area contributed by atoms with Gasteiger partial charge in [0.25, 0.3) is 5.66 Å². The van der Waals surface area contributed by atoms with E-state index in [-0.39, 0.29) is 5.57 Å². The molecular formula is C10H16F2NP. The summed E-state index contributed by atoms with van der Waals surface area (Å²) in [5, 5.41) is 0. The van der Waals surface area contributed by atoms with Crippen LogP contribution in [-0.2, 0) is 0 Å². The number of hydrogen-bond acceptors (Lipinski definition) is 1. The van der Waals surface area contributed by atoms with Crippen LogP contribution < -0.4 is 0 Å². The van der Waals surface area contributed by atoms with Crippen molar-refractivity contribution in [2.45, 2.75) is 32.9 Å². The maximum absolute atomic E-state index is 12.8. The highest BCUT2D eigenvalue weighted by atomic mass is 31.0. The van der Waals surface area contributed by atoms with Gasteiger partial charge in [-0.2, -0.15) is 8.78 Å². The lowest BCUT2D eigenvalue weighted by Gasteiger charge is -2.09. The molecule has 80 valence electrons. The monoisotopic (exact) mass is 219 g/mol. The van der Waals surface area contributed by atoms with E-state index in [9.17, 15) is 8.78 Å². The highest BCUT2D eigenvalue weighted by Crippen LogP contribution is 2.29. The third kappa shape index (κ3) is 5.23. The van der Waals surface area contributed by atoms with E-state index in [4.69, 9.17) is 0 Å². The van der Waals surface area contributed by atoms with Gasteiger partial charge in [-0.1, -0.05) is 28.3 Å². The summed E-state index contributed by atoms with van der Waals surface area (Å²) in [7, 11) is 1.50. The van der Waals surface area contributed by atoms with E-state index in [1.807, 2.05) is 13.0 Å². The summed E-state index contributed by atoms with van der Waals surface area (Å²) in [4.78, 5) is 3.93. The molecule has 4 heteroatoms. The van der Waals surface area contributed by atoms with Crippen LogP contribution in [-0.4, -0.2) is 11.9 Å². The molecule has 0 aliphatic rings. The van der Waals surface area contributed by atoms with E-state index in [1.54, 1.807) is 13.8 Å². The lowest BCUT2D eigenvalue weighted by atomic mass is 10.3. The maximum Gasteiger partial charge on any atom is 0.285 e. The lowest BCUT2D eigenvalue weighted by Crippen LogP contribution is -2.10. The Labute approximate surface area is 86.2 Å². The summed E-state index contributed by atoms with van der Waals surface area (Å²) in [6.45, 7) is 5.33. The average Bonchev–Trinajstić information content (AvgIpc) is 2.03. The molecule has 0 saturated heterocycles. The Morgan fingerprint density at radius 3 is 2.43 bits per heavy atom. The molecule has 0 aliphatic carbocycles.